The fourth-order valence-corrected chi connectivity index (χ4v) is 8.77. The zero-order valence-corrected chi connectivity index (χ0v) is 23.7. The summed E-state index contributed by atoms with van der Waals surface area (Å²) in [6, 6.07) is 9.89. The van der Waals surface area contributed by atoms with E-state index in [9.17, 15) is 23.2 Å². The molecule has 0 N–H and O–H groups in total. The van der Waals surface area contributed by atoms with Crippen LogP contribution in [0.2, 0.25) is 0 Å². The fourth-order valence-electron chi connectivity index (χ4n) is 8.77. The van der Waals surface area contributed by atoms with E-state index in [-0.39, 0.29) is 35.9 Å². The highest BCUT2D eigenvalue weighted by Gasteiger charge is 2.63. The normalized spacial score (nSPS) is 33.1. The van der Waals surface area contributed by atoms with Crippen molar-refractivity contribution in [3.63, 3.8) is 0 Å². The molecule has 4 aliphatic heterocycles. The Morgan fingerprint density at radius 1 is 0.975 bits per heavy atom. The van der Waals surface area contributed by atoms with Gasteiger partial charge in [-0.25, -0.2) is 13.6 Å². The fraction of sp³-hybridized carbons (Fsp3) is 0.710. The molecule has 218 valence electrons. The van der Waals surface area contributed by atoms with E-state index in [0.29, 0.717) is 18.7 Å². The van der Waals surface area contributed by atoms with E-state index >= 15 is 0 Å². The second kappa shape index (κ2) is 10.7. The summed E-state index contributed by atoms with van der Waals surface area (Å²) >= 11 is 0. The molecule has 40 heavy (non-hydrogen) atoms. The molecule has 0 aromatic heterocycles. The van der Waals surface area contributed by atoms with Crippen molar-refractivity contribution in [2.75, 3.05) is 26.2 Å². The van der Waals surface area contributed by atoms with Crippen molar-refractivity contribution in [2.45, 2.75) is 101 Å². The van der Waals surface area contributed by atoms with Gasteiger partial charge in [0.25, 0.3) is 12.3 Å². The lowest BCUT2D eigenvalue weighted by Crippen LogP contribution is -2.62. The minimum absolute atomic E-state index is 0.110. The van der Waals surface area contributed by atoms with Crippen LogP contribution in [0.1, 0.15) is 76.7 Å². The second-order valence-electron chi connectivity index (χ2n) is 13.1. The predicted molar refractivity (Wildman–Crippen MR) is 147 cm³/mol. The van der Waals surface area contributed by atoms with Gasteiger partial charge in [0.05, 0.1) is 6.54 Å². The summed E-state index contributed by atoms with van der Waals surface area (Å²) in [7, 11) is 0. The number of carbonyl (C=O) groups excluding carboxylic acids is 3. The summed E-state index contributed by atoms with van der Waals surface area (Å²) < 4.78 is 26.7. The number of carbonyl (C=O) groups is 3. The first-order valence-corrected chi connectivity index (χ1v) is 15.2. The van der Waals surface area contributed by atoms with Gasteiger partial charge in [0.1, 0.15) is 5.54 Å². The van der Waals surface area contributed by atoms with Gasteiger partial charge in [-0.15, -0.1) is 0 Å². The number of imide groups is 1. The average molecular weight is 557 g/mol. The Morgan fingerprint density at radius 3 is 2.23 bits per heavy atom. The highest BCUT2D eigenvalue weighted by Crippen LogP contribution is 2.49. The Labute approximate surface area is 235 Å². The molecule has 1 aromatic rings. The Morgan fingerprint density at radius 2 is 1.62 bits per heavy atom. The largest absolute Gasteiger partial charge is 0.341 e. The summed E-state index contributed by atoms with van der Waals surface area (Å²) in [5.74, 6) is 0.556. The first-order chi connectivity index (χ1) is 19.2. The monoisotopic (exact) mass is 556 g/mol. The SMILES string of the molecule is CC(C)N1C(=O)N(CC(F)F)C(=O)C12CC1CCC(C2)N1C[C@H]1CN(C(=O)C2CCCC2)C[C@@H]1c1ccccc1. The van der Waals surface area contributed by atoms with Crippen molar-refractivity contribution >= 4 is 17.8 Å². The summed E-state index contributed by atoms with van der Waals surface area (Å²) in [5, 5.41) is 0. The lowest BCUT2D eigenvalue weighted by Gasteiger charge is -2.48. The third kappa shape index (κ3) is 4.62. The maximum absolute atomic E-state index is 13.7. The Kier molecular flexibility index (Phi) is 7.38. The van der Waals surface area contributed by atoms with Gasteiger partial charge in [0.2, 0.25) is 5.91 Å². The molecule has 0 radical (unpaired) electrons. The molecule has 1 aromatic carbocycles. The van der Waals surface area contributed by atoms with E-state index in [4.69, 9.17) is 0 Å². The number of likely N-dealkylation sites (tertiary alicyclic amines) is 1. The Balaban J connectivity index is 1.23. The van der Waals surface area contributed by atoms with Crippen LogP contribution in [0.3, 0.4) is 0 Å². The third-order valence-corrected chi connectivity index (χ3v) is 10.4. The number of urea groups is 1. The van der Waals surface area contributed by atoms with E-state index in [1.165, 1.54) is 5.56 Å². The van der Waals surface area contributed by atoms with E-state index in [1.54, 1.807) is 4.90 Å². The highest BCUT2D eigenvalue weighted by molar-refractivity contribution is 6.07. The van der Waals surface area contributed by atoms with Gasteiger partial charge in [-0.3, -0.25) is 19.4 Å². The summed E-state index contributed by atoms with van der Waals surface area (Å²) in [6.45, 7) is 5.22. The van der Waals surface area contributed by atoms with Crippen LogP contribution in [0.15, 0.2) is 30.3 Å². The van der Waals surface area contributed by atoms with Crippen molar-refractivity contribution in [1.29, 1.82) is 0 Å². The molecule has 2 bridgehead atoms. The van der Waals surface area contributed by atoms with Gasteiger partial charge >= 0.3 is 6.03 Å². The molecule has 7 nitrogen and oxygen atoms in total. The van der Waals surface area contributed by atoms with Crippen LogP contribution in [0.4, 0.5) is 13.6 Å². The molecule has 6 rings (SSSR count). The first-order valence-electron chi connectivity index (χ1n) is 15.2. The summed E-state index contributed by atoms with van der Waals surface area (Å²) in [6.07, 6.45) is 4.35. The van der Waals surface area contributed by atoms with Gasteiger partial charge in [-0.1, -0.05) is 43.2 Å². The molecule has 1 spiro atoms. The molecule has 2 unspecified atom stereocenters. The number of nitrogens with zero attached hydrogens (tertiary/aromatic N) is 4. The molecule has 5 fully saturated rings. The second-order valence-corrected chi connectivity index (χ2v) is 13.1. The molecule has 9 heteroatoms. The van der Waals surface area contributed by atoms with Crippen molar-refractivity contribution in [1.82, 2.24) is 19.6 Å². The van der Waals surface area contributed by atoms with E-state index in [1.807, 2.05) is 19.9 Å². The van der Waals surface area contributed by atoms with Gasteiger partial charge in [-0.2, -0.15) is 0 Å². The van der Waals surface area contributed by atoms with Crippen molar-refractivity contribution in [3.8, 4) is 0 Å². The van der Waals surface area contributed by atoms with Crippen molar-refractivity contribution in [2.24, 2.45) is 11.8 Å². The lowest BCUT2D eigenvalue weighted by atomic mass is 9.79. The maximum atomic E-state index is 13.7. The number of rotatable bonds is 7. The van der Waals surface area contributed by atoms with Crippen LogP contribution in [0, 0.1) is 11.8 Å². The number of alkyl halides is 2. The molecule has 5 aliphatic rings. The van der Waals surface area contributed by atoms with Crippen LogP contribution in [-0.4, -0.2) is 93.7 Å². The number of piperidine rings is 1. The number of hydrogen-bond donors (Lipinski definition) is 0. The van der Waals surface area contributed by atoms with Gasteiger partial charge < -0.3 is 9.80 Å². The molecular formula is C31H42F2N4O3. The number of amides is 4. The lowest BCUT2D eigenvalue weighted by molar-refractivity contribution is -0.139. The minimum Gasteiger partial charge on any atom is -0.341 e. The van der Waals surface area contributed by atoms with Crippen LogP contribution >= 0.6 is 0 Å². The van der Waals surface area contributed by atoms with Crippen molar-refractivity contribution in [3.05, 3.63) is 35.9 Å². The molecule has 4 saturated heterocycles. The molecule has 1 aliphatic carbocycles. The van der Waals surface area contributed by atoms with Crippen LogP contribution in [-0.2, 0) is 9.59 Å². The van der Waals surface area contributed by atoms with Crippen molar-refractivity contribution < 1.29 is 23.2 Å². The number of halogens is 2. The van der Waals surface area contributed by atoms with Gasteiger partial charge in [-0.05, 0) is 63.9 Å². The average Bonchev–Trinajstić information content (AvgIpc) is 3.69. The zero-order chi connectivity index (χ0) is 28.2. The quantitative estimate of drug-likeness (QED) is 0.456. The number of benzene rings is 1. The Hall–Kier alpha value is -2.55. The van der Waals surface area contributed by atoms with Crippen LogP contribution < -0.4 is 0 Å². The standard InChI is InChI=1S/C31H42F2N4O3/c1-20(2)37-30(40)36(19-27(32)33)29(39)31(37)14-24-12-13-25(15-31)35(24)17-23-16-34(28(38)22-10-6-7-11-22)18-26(23)21-8-4-3-5-9-21/h3-5,8-9,20,22-27H,6-7,10-19H2,1-2H3/t23-,24?,25?,26-,31?/m1/s1. The number of hydrogen-bond acceptors (Lipinski definition) is 4. The number of fused-ring (bicyclic) bond motifs is 2. The topological polar surface area (TPSA) is 64.2 Å². The molecule has 4 amide bonds. The third-order valence-electron chi connectivity index (χ3n) is 10.4. The molecule has 4 heterocycles. The molecular weight excluding hydrogens is 514 g/mol. The van der Waals surface area contributed by atoms with E-state index in [2.05, 4.69) is 34.1 Å². The Bertz CT molecular complexity index is 1110. The highest BCUT2D eigenvalue weighted by atomic mass is 19.3. The van der Waals surface area contributed by atoms with Gasteiger partial charge in [0, 0.05) is 49.6 Å². The van der Waals surface area contributed by atoms with E-state index in [0.717, 1.165) is 63.1 Å². The smallest absolute Gasteiger partial charge is 0.328 e. The zero-order valence-electron chi connectivity index (χ0n) is 23.7. The van der Waals surface area contributed by atoms with Crippen LogP contribution in [0.5, 0.6) is 0 Å². The molecule has 1 saturated carbocycles. The first kappa shape index (κ1) is 27.6. The summed E-state index contributed by atoms with van der Waals surface area (Å²) in [4.78, 5) is 47.3. The molecule has 4 atom stereocenters. The van der Waals surface area contributed by atoms with Gasteiger partial charge in [0.15, 0.2) is 0 Å². The predicted octanol–water partition coefficient (Wildman–Crippen LogP) is 4.72. The minimum atomic E-state index is -2.75. The maximum Gasteiger partial charge on any atom is 0.328 e. The van der Waals surface area contributed by atoms with E-state index < -0.39 is 30.4 Å². The summed E-state index contributed by atoms with van der Waals surface area (Å²) in [5.41, 5.74) is 0.224. The van der Waals surface area contributed by atoms with Crippen LogP contribution in [0.25, 0.3) is 0 Å².